The van der Waals surface area contributed by atoms with Crippen molar-refractivity contribution in [3.63, 3.8) is 0 Å². The number of hydrogen-bond donors (Lipinski definition) is 3. The van der Waals surface area contributed by atoms with Crippen LogP contribution in [-0.4, -0.2) is 40.5 Å². The highest BCUT2D eigenvalue weighted by Gasteiger charge is 2.25. The topological polar surface area (TPSA) is 123 Å². The number of carbonyl (C=O) groups excluding carboxylic acids is 2. The van der Waals surface area contributed by atoms with Gasteiger partial charge in [-0.1, -0.05) is 6.42 Å². The summed E-state index contributed by atoms with van der Waals surface area (Å²) >= 11 is 0. The molecule has 1 atom stereocenters. The molecule has 0 spiro atoms. The molecule has 1 heterocycles. The third-order valence-electron chi connectivity index (χ3n) is 4.86. The maximum Gasteiger partial charge on any atom is 0.265 e. The lowest BCUT2D eigenvalue weighted by Gasteiger charge is -2.17. The fourth-order valence-corrected chi connectivity index (χ4v) is 4.49. The average molecular weight is 448 g/mol. The second kappa shape index (κ2) is 9.69. The van der Waals surface area contributed by atoms with Crippen molar-refractivity contribution in [1.29, 1.82) is 0 Å². The Labute approximate surface area is 181 Å². The Morgan fingerprint density at radius 3 is 2.42 bits per heavy atom. The maximum absolute atomic E-state index is 13.0. The van der Waals surface area contributed by atoms with Gasteiger partial charge in [0.15, 0.2) is 0 Å². The Morgan fingerprint density at radius 2 is 1.74 bits per heavy atom. The van der Waals surface area contributed by atoms with Crippen LogP contribution in [0.1, 0.15) is 25.7 Å². The Kier molecular flexibility index (Phi) is 7.01. The molecule has 1 saturated heterocycles. The van der Waals surface area contributed by atoms with Crippen molar-refractivity contribution in [2.24, 2.45) is 0 Å². The number of rotatable bonds is 7. The van der Waals surface area contributed by atoms with Gasteiger partial charge in [0, 0.05) is 17.8 Å². The second-order valence-electron chi connectivity index (χ2n) is 7.05. The molecule has 9 nitrogen and oxygen atoms in total. The van der Waals surface area contributed by atoms with Crippen LogP contribution in [0.2, 0.25) is 0 Å². The van der Waals surface area contributed by atoms with Crippen molar-refractivity contribution in [1.82, 2.24) is 5.32 Å². The number of ether oxygens (including phenoxy) is 2. The first-order valence-corrected chi connectivity index (χ1v) is 11.3. The van der Waals surface area contributed by atoms with Gasteiger partial charge in [0.25, 0.3) is 10.0 Å². The lowest BCUT2D eigenvalue weighted by atomic mass is 10.1. The van der Waals surface area contributed by atoms with E-state index in [1.807, 2.05) is 0 Å². The maximum atomic E-state index is 13.0. The monoisotopic (exact) mass is 447 g/mol. The standard InChI is InChI=1S/C21H25N3O6S/c1-29-16-10-7-14(8-11-16)24-31(27,28)19-13-15(9-12-18(19)30-2)22-21(26)17-5-3-4-6-20(25)23-17/h7-13,17,24H,3-6H2,1-2H3,(H,22,26)(H,23,25)/t17-/m1/s1. The van der Waals surface area contributed by atoms with Crippen LogP contribution in [-0.2, 0) is 19.6 Å². The summed E-state index contributed by atoms with van der Waals surface area (Å²) in [7, 11) is -1.13. The number of hydrogen-bond acceptors (Lipinski definition) is 6. The first-order chi connectivity index (χ1) is 14.8. The van der Waals surface area contributed by atoms with Gasteiger partial charge in [-0.15, -0.1) is 0 Å². The normalized spacial score (nSPS) is 16.6. The summed E-state index contributed by atoms with van der Waals surface area (Å²) in [5.74, 6) is 0.156. The highest BCUT2D eigenvalue weighted by molar-refractivity contribution is 7.92. The minimum absolute atomic E-state index is 0.127. The van der Waals surface area contributed by atoms with Crippen LogP contribution in [0.25, 0.3) is 0 Å². The SMILES string of the molecule is COc1ccc(NS(=O)(=O)c2cc(NC(=O)[C@H]3CCCCC(=O)N3)ccc2OC)cc1. The zero-order valence-electron chi connectivity index (χ0n) is 17.3. The molecule has 0 aliphatic carbocycles. The molecule has 1 aliphatic rings. The first-order valence-electron chi connectivity index (χ1n) is 9.77. The second-order valence-corrected chi connectivity index (χ2v) is 8.71. The van der Waals surface area contributed by atoms with Gasteiger partial charge < -0.3 is 20.1 Å². The molecule has 31 heavy (non-hydrogen) atoms. The third-order valence-corrected chi connectivity index (χ3v) is 6.26. The van der Waals surface area contributed by atoms with E-state index in [1.165, 1.54) is 26.4 Å². The molecule has 3 N–H and O–H groups in total. The number of sulfonamides is 1. The number of methoxy groups -OCH3 is 2. The van der Waals surface area contributed by atoms with E-state index in [-0.39, 0.29) is 22.2 Å². The molecule has 0 unspecified atom stereocenters. The van der Waals surface area contributed by atoms with E-state index in [2.05, 4.69) is 15.4 Å². The summed E-state index contributed by atoms with van der Waals surface area (Å²) < 4.78 is 38.7. The summed E-state index contributed by atoms with van der Waals surface area (Å²) in [5.41, 5.74) is 0.623. The van der Waals surface area contributed by atoms with Gasteiger partial charge in [-0.25, -0.2) is 8.42 Å². The van der Waals surface area contributed by atoms with Gasteiger partial charge in [-0.3, -0.25) is 14.3 Å². The molecule has 1 aliphatic heterocycles. The highest BCUT2D eigenvalue weighted by Crippen LogP contribution is 2.29. The molecule has 2 aromatic rings. The molecule has 2 amide bonds. The first kappa shape index (κ1) is 22.4. The minimum atomic E-state index is -4.01. The molecule has 0 radical (unpaired) electrons. The number of amides is 2. The predicted molar refractivity (Wildman–Crippen MR) is 116 cm³/mol. The van der Waals surface area contributed by atoms with Gasteiger partial charge in [-0.05, 0) is 55.3 Å². The fourth-order valence-electron chi connectivity index (χ4n) is 3.23. The van der Waals surface area contributed by atoms with Crippen molar-refractivity contribution in [2.45, 2.75) is 36.6 Å². The number of carbonyl (C=O) groups is 2. The zero-order chi connectivity index (χ0) is 22.4. The van der Waals surface area contributed by atoms with E-state index >= 15 is 0 Å². The quantitative estimate of drug-likeness (QED) is 0.599. The van der Waals surface area contributed by atoms with Crippen LogP contribution in [0.3, 0.4) is 0 Å². The largest absolute Gasteiger partial charge is 0.497 e. The minimum Gasteiger partial charge on any atom is -0.497 e. The van der Waals surface area contributed by atoms with Gasteiger partial charge in [-0.2, -0.15) is 0 Å². The molecule has 0 saturated carbocycles. The third kappa shape index (κ3) is 5.66. The Bertz CT molecular complexity index is 1050. The average Bonchev–Trinajstić information content (AvgIpc) is 2.98. The highest BCUT2D eigenvalue weighted by atomic mass is 32.2. The van der Waals surface area contributed by atoms with E-state index < -0.39 is 22.0 Å². The number of nitrogens with one attached hydrogen (secondary N) is 3. The fraction of sp³-hybridized carbons (Fsp3) is 0.333. The van der Waals surface area contributed by atoms with E-state index in [1.54, 1.807) is 30.3 Å². The smallest absolute Gasteiger partial charge is 0.265 e. The van der Waals surface area contributed by atoms with E-state index in [9.17, 15) is 18.0 Å². The Morgan fingerprint density at radius 1 is 1.03 bits per heavy atom. The van der Waals surface area contributed by atoms with Crippen molar-refractivity contribution < 1.29 is 27.5 Å². The van der Waals surface area contributed by atoms with Crippen molar-refractivity contribution in [3.05, 3.63) is 42.5 Å². The summed E-state index contributed by atoms with van der Waals surface area (Å²) in [6.07, 6.45) is 2.41. The molecule has 0 aromatic heterocycles. The Hall–Kier alpha value is -3.27. The van der Waals surface area contributed by atoms with Gasteiger partial charge >= 0.3 is 0 Å². The molecular weight excluding hydrogens is 422 g/mol. The molecule has 10 heteroatoms. The number of benzene rings is 2. The van der Waals surface area contributed by atoms with Crippen LogP contribution in [0.15, 0.2) is 47.4 Å². The zero-order valence-corrected chi connectivity index (χ0v) is 18.1. The van der Waals surface area contributed by atoms with Crippen LogP contribution in [0.5, 0.6) is 11.5 Å². The lowest BCUT2D eigenvalue weighted by molar-refractivity contribution is -0.125. The van der Waals surface area contributed by atoms with Crippen molar-refractivity contribution >= 4 is 33.2 Å². The molecule has 1 fully saturated rings. The summed E-state index contributed by atoms with van der Waals surface area (Å²) in [5, 5.41) is 5.38. The number of anilines is 2. The summed E-state index contributed by atoms with van der Waals surface area (Å²) in [6, 6.07) is 10.1. The van der Waals surface area contributed by atoms with E-state index in [0.717, 1.165) is 12.8 Å². The molecule has 3 rings (SSSR count). The molecule has 2 aromatic carbocycles. The van der Waals surface area contributed by atoms with Crippen molar-refractivity contribution in [3.8, 4) is 11.5 Å². The van der Waals surface area contributed by atoms with Gasteiger partial charge in [0.1, 0.15) is 22.4 Å². The van der Waals surface area contributed by atoms with Crippen LogP contribution < -0.4 is 24.8 Å². The van der Waals surface area contributed by atoms with Crippen molar-refractivity contribution in [2.75, 3.05) is 24.3 Å². The lowest BCUT2D eigenvalue weighted by Crippen LogP contribution is -2.42. The van der Waals surface area contributed by atoms with Gasteiger partial charge in [0.2, 0.25) is 11.8 Å². The predicted octanol–water partition coefficient (Wildman–Crippen LogP) is 2.50. The van der Waals surface area contributed by atoms with Crippen LogP contribution >= 0.6 is 0 Å². The molecular formula is C21H25N3O6S. The summed E-state index contributed by atoms with van der Waals surface area (Å²) in [4.78, 5) is 24.2. The Balaban J connectivity index is 1.82. The molecule has 0 bridgehead atoms. The van der Waals surface area contributed by atoms with E-state index in [0.29, 0.717) is 24.3 Å². The summed E-state index contributed by atoms with van der Waals surface area (Å²) in [6.45, 7) is 0. The van der Waals surface area contributed by atoms with Crippen LogP contribution in [0, 0.1) is 0 Å². The van der Waals surface area contributed by atoms with Crippen LogP contribution in [0.4, 0.5) is 11.4 Å². The molecule has 166 valence electrons. The van der Waals surface area contributed by atoms with E-state index in [4.69, 9.17) is 9.47 Å². The van der Waals surface area contributed by atoms with Gasteiger partial charge in [0.05, 0.1) is 14.2 Å².